The molecule has 2 aromatic rings. The maximum atomic E-state index is 12.6. The zero-order chi connectivity index (χ0) is 15.4. The molecule has 0 spiro atoms. The Hall–Kier alpha value is -2.36. The van der Waals surface area contributed by atoms with Crippen molar-refractivity contribution >= 4 is 5.91 Å². The molecule has 114 valence electrons. The zero-order valence-corrected chi connectivity index (χ0v) is 12.7. The lowest BCUT2D eigenvalue weighted by atomic mass is 10.1. The number of rotatable bonds is 5. The molecule has 4 heteroatoms. The Balaban J connectivity index is 1.74. The summed E-state index contributed by atoms with van der Waals surface area (Å²) in [5.74, 6) is 0.568. The Morgan fingerprint density at radius 2 is 2.18 bits per heavy atom. The average Bonchev–Trinajstić information content (AvgIpc) is 3.22. The minimum absolute atomic E-state index is 0.0583. The van der Waals surface area contributed by atoms with Crippen LogP contribution < -0.4 is 0 Å². The number of aromatic nitrogens is 1. The predicted molar refractivity (Wildman–Crippen MR) is 85.4 cm³/mol. The summed E-state index contributed by atoms with van der Waals surface area (Å²) >= 11 is 0. The lowest BCUT2D eigenvalue weighted by Gasteiger charge is -2.23. The van der Waals surface area contributed by atoms with Crippen LogP contribution in [0.5, 0.6) is 0 Å². The molecule has 2 heterocycles. The number of carbonyl (C=O) groups excluding carboxylic acids is 1. The number of carbonyl (C=O) groups is 1. The van der Waals surface area contributed by atoms with Crippen molar-refractivity contribution in [3.05, 3.63) is 54.2 Å². The Bertz CT molecular complexity index is 661. The summed E-state index contributed by atoms with van der Waals surface area (Å²) in [5.41, 5.74) is 1.31. The minimum atomic E-state index is -0.0583. The Morgan fingerprint density at radius 3 is 2.95 bits per heavy atom. The van der Waals surface area contributed by atoms with Crippen LogP contribution in [-0.4, -0.2) is 28.6 Å². The third-order valence-corrected chi connectivity index (χ3v) is 3.96. The highest BCUT2D eigenvalue weighted by molar-refractivity contribution is 5.93. The standard InChI is InChI=1S/C18H20N2O2/c1-2-3-10-15-11-7-12-20(15)18(21)16-13-17(22-19-16)14-8-5-4-6-9-14/h4-9,11,13,15H,2-3,10,12H2,1H3/t15-/m1/s1. The minimum Gasteiger partial charge on any atom is -0.355 e. The summed E-state index contributed by atoms with van der Waals surface area (Å²) in [4.78, 5) is 14.5. The smallest absolute Gasteiger partial charge is 0.276 e. The van der Waals surface area contributed by atoms with Gasteiger partial charge < -0.3 is 9.42 Å². The molecule has 1 aliphatic heterocycles. The van der Waals surface area contributed by atoms with Crippen molar-refractivity contribution in [3.8, 4) is 11.3 Å². The first-order valence-electron chi connectivity index (χ1n) is 7.79. The van der Waals surface area contributed by atoms with Crippen molar-refractivity contribution in [3.63, 3.8) is 0 Å². The highest BCUT2D eigenvalue weighted by Crippen LogP contribution is 2.23. The normalized spacial score (nSPS) is 17.1. The van der Waals surface area contributed by atoms with E-state index in [2.05, 4.69) is 24.2 Å². The highest BCUT2D eigenvalue weighted by Gasteiger charge is 2.27. The topological polar surface area (TPSA) is 46.3 Å². The maximum absolute atomic E-state index is 12.6. The number of hydrogen-bond acceptors (Lipinski definition) is 3. The van der Waals surface area contributed by atoms with E-state index < -0.39 is 0 Å². The van der Waals surface area contributed by atoms with Crippen LogP contribution in [0.15, 0.2) is 53.1 Å². The van der Waals surface area contributed by atoms with E-state index in [1.807, 2.05) is 35.2 Å². The summed E-state index contributed by atoms with van der Waals surface area (Å²) in [7, 11) is 0. The highest BCUT2D eigenvalue weighted by atomic mass is 16.5. The molecule has 0 saturated heterocycles. The Labute approximate surface area is 130 Å². The van der Waals surface area contributed by atoms with Crippen LogP contribution in [0.25, 0.3) is 11.3 Å². The third-order valence-electron chi connectivity index (χ3n) is 3.96. The number of unbranched alkanes of at least 4 members (excludes halogenated alkanes) is 1. The van der Waals surface area contributed by atoms with Crippen molar-refractivity contribution in [2.75, 3.05) is 6.54 Å². The molecule has 1 aromatic heterocycles. The zero-order valence-electron chi connectivity index (χ0n) is 12.7. The summed E-state index contributed by atoms with van der Waals surface area (Å²) in [6.07, 6.45) is 7.42. The van der Waals surface area contributed by atoms with Gasteiger partial charge in [-0.2, -0.15) is 0 Å². The SMILES string of the molecule is CCCC[C@@H]1C=CCN1C(=O)c1cc(-c2ccccc2)on1. The lowest BCUT2D eigenvalue weighted by Crippen LogP contribution is -2.36. The predicted octanol–water partition coefficient (Wildman–Crippen LogP) is 3.91. The second-order valence-corrected chi connectivity index (χ2v) is 5.54. The molecular formula is C18H20N2O2. The first-order chi connectivity index (χ1) is 10.8. The molecule has 0 unspecified atom stereocenters. The summed E-state index contributed by atoms with van der Waals surface area (Å²) in [6.45, 7) is 2.81. The monoisotopic (exact) mass is 296 g/mol. The Morgan fingerprint density at radius 1 is 1.36 bits per heavy atom. The molecular weight excluding hydrogens is 276 g/mol. The van der Waals surface area contributed by atoms with E-state index in [4.69, 9.17) is 4.52 Å². The van der Waals surface area contributed by atoms with Gasteiger partial charge in [0, 0.05) is 18.2 Å². The van der Waals surface area contributed by atoms with Gasteiger partial charge in [-0.05, 0) is 6.42 Å². The van der Waals surface area contributed by atoms with Gasteiger partial charge in [0.25, 0.3) is 5.91 Å². The molecule has 0 N–H and O–H groups in total. The first-order valence-corrected chi connectivity index (χ1v) is 7.79. The van der Waals surface area contributed by atoms with Crippen molar-refractivity contribution in [2.45, 2.75) is 32.2 Å². The Kier molecular flexibility index (Phi) is 4.37. The first kappa shape index (κ1) is 14.6. The van der Waals surface area contributed by atoms with Crippen LogP contribution in [0.4, 0.5) is 0 Å². The van der Waals surface area contributed by atoms with Gasteiger partial charge >= 0.3 is 0 Å². The van der Waals surface area contributed by atoms with E-state index in [1.54, 1.807) is 6.07 Å². The van der Waals surface area contributed by atoms with E-state index in [9.17, 15) is 4.79 Å². The van der Waals surface area contributed by atoms with E-state index in [0.29, 0.717) is 18.0 Å². The van der Waals surface area contributed by atoms with Crippen LogP contribution >= 0.6 is 0 Å². The van der Waals surface area contributed by atoms with Crippen LogP contribution in [0.2, 0.25) is 0 Å². The van der Waals surface area contributed by atoms with Crippen LogP contribution in [0.3, 0.4) is 0 Å². The third kappa shape index (κ3) is 2.96. The van der Waals surface area contributed by atoms with Gasteiger partial charge in [0.15, 0.2) is 11.5 Å². The fourth-order valence-electron chi connectivity index (χ4n) is 2.73. The molecule has 0 saturated carbocycles. The quantitative estimate of drug-likeness (QED) is 0.786. The number of nitrogens with zero attached hydrogens (tertiary/aromatic N) is 2. The fraction of sp³-hybridized carbons (Fsp3) is 0.333. The van der Waals surface area contributed by atoms with Gasteiger partial charge in [0.05, 0.1) is 6.04 Å². The maximum Gasteiger partial charge on any atom is 0.276 e. The molecule has 1 aliphatic rings. The molecule has 0 aliphatic carbocycles. The lowest BCUT2D eigenvalue weighted by molar-refractivity contribution is 0.0733. The number of amides is 1. The second-order valence-electron chi connectivity index (χ2n) is 5.54. The van der Waals surface area contributed by atoms with Crippen molar-refractivity contribution in [2.24, 2.45) is 0 Å². The molecule has 3 rings (SSSR count). The number of hydrogen-bond donors (Lipinski definition) is 0. The van der Waals surface area contributed by atoms with E-state index in [1.165, 1.54) is 0 Å². The van der Waals surface area contributed by atoms with Crippen molar-refractivity contribution in [1.29, 1.82) is 0 Å². The molecule has 1 atom stereocenters. The van der Waals surface area contributed by atoms with Gasteiger partial charge in [-0.25, -0.2) is 0 Å². The van der Waals surface area contributed by atoms with Gasteiger partial charge in [-0.3, -0.25) is 4.79 Å². The summed E-state index contributed by atoms with van der Waals surface area (Å²) in [6, 6.07) is 11.6. The van der Waals surface area contributed by atoms with Crippen LogP contribution in [0, 0.1) is 0 Å². The van der Waals surface area contributed by atoms with Gasteiger partial charge in [-0.15, -0.1) is 0 Å². The molecule has 0 bridgehead atoms. The molecule has 4 nitrogen and oxygen atoms in total. The molecule has 1 amide bonds. The van der Waals surface area contributed by atoms with Crippen molar-refractivity contribution < 1.29 is 9.32 Å². The number of benzene rings is 1. The second kappa shape index (κ2) is 6.60. The average molecular weight is 296 g/mol. The van der Waals surface area contributed by atoms with Gasteiger partial charge in [0.1, 0.15) is 0 Å². The summed E-state index contributed by atoms with van der Waals surface area (Å²) < 4.78 is 5.33. The molecule has 22 heavy (non-hydrogen) atoms. The fourth-order valence-corrected chi connectivity index (χ4v) is 2.73. The largest absolute Gasteiger partial charge is 0.355 e. The molecule has 0 fully saturated rings. The van der Waals surface area contributed by atoms with E-state index in [-0.39, 0.29) is 11.9 Å². The van der Waals surface area contributed by atoms with Crippen LogP contribution in [-0.2, 0) is 0 Å². The summed E-state index contributed by atoms with van der Waals surface area (Å²) in [5, 5.41) is 3.96. The molecule has 1 aromatic carbocycles. The van der Waals surface area contributed by atoms with Crippen molar-refractivity contribution in [1.82, 2.24) is 10.1 Å². The van der Waals surface area contributed by atoms with E-state index >= 15 is 0 Å². The van der Waals surface area contributed by atoms with Crippen LogP contribution in [0.1, 0.15) is 36.7 Å². The molecule has 0 radical (unpaired) electrons. The van der Waals surface area contributed by atoms with Gasteiger partial charge in [0.2, 0.25) is 0 Å². The van der Waals surface area contributed by atoms with E-state index in [0.717, 1.165) is 24.8 Å². The van der Waals surface area contributed by atoms with Gasteiger partial charge in [-0.1, -0.05) is 67.4 Å².